The van der Waals surface area contributed by atoms with Gasteiger partial charge in [-0.15, -0.1) is 0 Å². The minimum absolute atomic E-state index is 0.0195. The summed E-state index contributed by atoms with van der Waals surface area (Å²) < 4.78 is 10.9. The summed E-state index contributed by atoms with van der Waals surface area (Å²) >= 11 is 12.7. The summed E-state index contributed by atoms with van der Waals surface area (Å²) in [6.45, 7) is 6.48. The predicted octanol–water partition coefficient (Wildman–Crippen LogP) is 4.33. The first-order valence-corrected chi connectivity index (χ1v) is 10.2. The largest absolute Gasteiger partial charge is 0.496 e. The lowest BCUT2D eigenvalue weighted by Gasteiger charge is -2.46. The van der Waals surface area contributed by atoms with Gasteiger partial charge in [0.15, 0.2) is 0 Å². The fourth-order valence-corrected chi connectivity index (χ4v) is 4.38. The van der Waals surface area contributed by atoms with E-state index in [4.69, 9.17) is 32.7 Å². The molecular formula is C20H26Cl2N2O4. The molecule has 28 heavy (non-hydrogen) atoms. The third-order valence-electron chi connectivity index (χ3n) is 5.16. The highest BCUT2D eigenvalue weighted by Crippen LogP contribution is 2.43. The van der Waals surface area contributed by atoms with Gasteiger partial charge in [-0.2, -0.15) is 0 Å². The first-order chi connectivity index (χ1) is 13.1. The lowest BCUT2D eigenvalue weighted by atomic mass is 9.85. The van der Waals surface area contributed by atoms with Crippen molar-refractivity contribution < 1.29 is 19.1 Å². The van der Waals surface area contributed by atoms with E-state index in [1.54, 1.807) is 19.2 Å². The number of carbonyl (C=O) groups excluding carboxylic acids is 2. The van der Waals surface area contributed by atoms with Crippen LogP contribution >= 0.6 is 23.2 Å². The summed E-state index contributed by atoms with van der Waals surface area (Å²) in [7, 11) is 1.60. The van der Waals surface area contributed by atoms with E-state index < -0.39 is 11.7 Å². The number of carbonyl (C=O) groups is 2. The lowest BCUT2D eigenvalue weighted by molar-refractivity contribution is -0.141. The number of rotatable bonds is 2. The molecule has 0 bridgehead atoms. The number of hydrogen-bond donors (Lipinski definition) is 0. The fourth-order valence-electron chi connectivity index (χ4n) is 3.90. The van der Waals surface area contributed by atoms with Gasteiger partial charge in [0, 0.05) is 30.6 Å². The molecule has 0 aliphatic carbocycles. The molecule has 8 heteroatoms. The fraction of sp³-hybridized carbons (Fsp3) is 0.600. The van der Waals surface area contributed by atoms with Gasteiger partial charge in [-0.25, -0.2) is 4.79 Å². The topological polar surface area (TPSA) is 59.1 Å². The Balaban J connectivity index is 1.75. The van der Waals surface area contributed by atoms with E-state index in [1.165, 1.54) is 4.90 Å². The Morgan fingerprint density at radius 2 is 1.89 bits per heavy atom. The molecule has 0 aromatic heterocycles. The van der Waals surface area contributed by atoms with Crippen molar-refractivity contribution in [1.29, 1.82) is 0 Å². The van der Waals surface area contributed by atoms with Gasteiger partial charge >= 0.3 is 6.09 Å². The van der Waals surface area contributed by atoms with Crippen molar-refractivity contribution in [2.24, 2.45) is 0 Å². The van der Waals surface area contributed by atoms with Crippen LogP contribution in [0.3, 0.4) is 0 Å². The highest BCUT2D eigenvalue weighted by atomic mass is 35.5. The lowest BCUT2D eigenvalue weighted by Crippen LogP contribution is -2.60. The van der Waals surface area contributed by atoms with E-state index in [1.807, 2.05) is 25.7 Å². The summed E-state index contributed by atoms with van der Waals surface area (Å²) in [6, 6.07) is 3.49. The maximum atomic E-state index is 12.8. The standard InChI is InChI=1S/C20H26Cl2N2O4/c1-20(2,3)28-19(26)23-10-13-6-5-12(9-24(13)16(25)11-23)17-15(27-4)8-7-14(21)18(17)22/h7-8,12-13H,5-6,9-11H2,1-4H3. The van der Waals surface area contributed by atoms with Crippen LogP contribution in [0.5, 0.6) is 5.75 Å². The number of benzene rings is 1. The number of nitrogens with zero attached hydrogens (tertiary/aromatic N) is 2. The summed E-state index contributed by atoms with van der Waals surface area (Å²) in [5, 5.41) is 0.949. The minimum atomic E-state index is -0.588. The third kappa shape index (κ3) is 4.33. The van der Waals surface area contributed by atoms with Gasteiger partial charge in [0.1, 0.15) is 17.9 Å². The molecule has 2 heterocycles. The average Bonchev–Trinajstić information content (AvgIpc) is 2.62. The molecule has 0 spiro atoms. The number of fused-ring (bicyclic) bond motifs is 1. The molecule has 0 N–H and O–H groups in total. The number of ether oxygens (including phenoxy) is 2. The van der Waals surface area contributed by atoms with Crippen LogP contribution in [0.25, 0.3) is 0 Å². The van der Waals surface area contributed by atoms with Crippen LogP contribution in [0, 0.1) is 0 Å². The Bertz CT molecular complexity index is 778. The number of methoxy groups -OCH3 is 1. The van der Waals surface area contributed by atoms with E-state index >= 15 is 0 Å². The minimum Gasteiger partial charge on any atom is -0.496 e. The molecule has 3 rings (SSSR count). The van der Waals surface area contributed by atoms with Crippen molar-refractivity contribution in [2.45, 2.75) is 51.2 Å². The van der Waals surface area contributed by atoms with Crippen molar-refractivity contribution in [3.63, 3.8) is 0 Å². The molecule has 154 valence electrons. The van der Waals surface area contributed by atoms with Crippen LogP contribution in [0.4, 0.5) is 4.79 Å². The van der Waals surface area contributed by atoms with Gasteiger partial charge in [0.2, 0.25) is 5.91 Å². The highest BCUT2D eigenvalue weighted by molar-refractivity contribution is 6.42. The van der Waals surface area contributed by atoms with Gasteiger partial charge in [0.05, 0.1) is 17.2 Å². The Morgan fingerprint density at radius 1 is 1.18 bits per heavy atom. The van der Waals surface area contributed by atoms with Gasteiger partial charge < -0.3 is 14.4 Å². The van der Waals surface area contributed by atoms with Crippen molar-refractivity contribution >= 4 is 35.2 Å². The molecule has 2 atom stereocenters. The van der Waals surface area contributed by atoms with Crippen LogP contribution in [0.1, 0.15) is 45.1 Å². The van der Waals surface area contributed by atoms with Crippen molar-refractivity contribution in [3.8, 4) is 5.75 Å². The van der Waals surface area contributed by atoms with Gasteiger partial charge in [-0.05, 0) is 45.7 Å². The molecule has 1 aromatic rings. The van der Waals surface area contributed by atoms with Crippen LogP contribution in [0.15, 0.2) is 12.1 Å². The van der Waals surface area contributed by atoms with E-state index in [-0.39, 0.29) is 24.4 Å². The van der Waals surface area contributed by atoms with E-state index in [9.17, 15) is 9.59 Å². The van der Waals surface area contributed by atoms with Crippen molar-refractivity contribution in [2.75, 3.05) is 26.7 Å². The Hall–Kier alpha value is -1.66. The Morgan fingerprint density at radius 3 is 2.54 bits per heavy atom. The van der Waals surface area contributed by atoms with Gasteiger partial charge in [0.25, 0.3) is 0 Å². The molecule has 2 aliphatic rings. The molecule has 2 amide bonds. The van der Waals surface area contributed by atoms with Crippen LogP contribution in [-0.2, 0) is 9.53 Å². The molecule has 0 saturated carbocycles. The number of halogens is 2. The molecule has 2 saturated heterocycles. The Kier molecular flexibility index (Phi) is 6.01. The molecule has 1 aromatic carbocycles. The van der Waals surface area contributed by atoms with Crippen molar-refractivity contribution in [1.82, 2.24) is 9.80 Å². The van der Waals surface area contributed by atoms with E-state index in [0.29, 0.717) is 28.9 Å². The van der Waals surface area contributed by atoms with Crippen LogP contribution in [-0.4, -0.2) is 60.2 Å². The van der Waals surface area contributed by atoms with E-state index in [0.717, 1.165) is 18.4 Å². The zero-order chi connectivity index (χ0) is 20.6. The second-order valence-electron chi connectivity index (χ2n) is 8.31. The number of hydrogen-bond acceptors (Lipinski definition) is 4. The van der Waals surface area contributed by atoms with Crippen molar-refractivity contribution in [3.05, 3.63) is 27.7 Å². The van der Waals surface area contributed by atoms with Gasteiger partial charge in [-0.3, -0.25) is 9.69 Å². The van der Waals surface area contributed by atoms with Crippen LogP contribution < -0.4 is 4.74 Å². The third-order valence-corrected chi connectivity index (χ3v) is 5.98. The first-order valence-electron chi connectivity index (χ1n) is 9.40. The number of piperazine rings is 1. The molecule has 2 unspecified atom stereocenters. The summed E-state index contributed by atoms with van der Waals surface area (Å²) in [5.41, 5.74) is 0.256. The van der Waals surface area contributed by atoms with E-state index in [2.05, 4.69) is 0 Å². The second kappa shape index (κ2) is 7.99. The second-order valence-corrected chi connectivity index (χ2v) is 9.10. The average molecular weight is 429 g/mol. The Labute approximate surface area is 175 Å². The van der Waals surface area contributed by atoms with Gasteiger partial charge in [-0.1, -0.05) is 23.2 Å². The quantitative estimate of drug-likeness (QED) is 0.703. The highest BCUT2D eigenvalue weighted by Gasteiger charge is 2.41. The normalized spacial score (nSPS) is 22.7. The summed E-state index contributed by atoms with van der Waals surface area (Å²) in [6.07, 6.45) is 1.15. The summed E-state index contributed by atoms with van der Waals surface area (Å²) in [5.74, 6) is 0.635. The molecule has 0 radical (unpaired) electrons. The monoisotopic (exact) mass is 428 g/mol. The maximum absolute atomic E-state index is 12.8. The summed E-state index contributed by atoms with van der Waals surface area (Å²) in [4.78, 5) is 28.5. The van der Waals surface area contributed by atoms with Crippen LogP contribution in [0.2, 0.25) is 10.0 Å². The number of piperidine rings is 1. The molecule has 2 fully saturated rings. The zero-order valence-electron chi connectivity index (χ0n) is 16.6. The number of amides is 2. The smallest absolute Gasteiger partial charge is 0.410 e. The maximum Gasteiger partial charge on any atom is 0.410 e. The SMILES string of the molecule is COc1ccc(Cl)c(Cl)c1C1CCC2CN(C(=O)OC(C)(C)C)CC(=O)N2C1. The zero-order valence-corrected chi connectivity index (χ0v) is 18.1. The molecule has 6 nitrogen and oxygen atoms in total. The molecular weight excluding hydrogens is 403 g/mol. The molecule has 2 aliphatic heterocycles. The predicted molar refractivity (Wildman–Crippen MR) is 108 cm³/mol. The first kappa shape index (κ1) is 21.1.